The molecule has 0 bridgehead atoms. The topological polar surface area (TPSA) is 96.8 Å². The summed E-state index contributed by atoms with van der Waals surface area (Å²) in [4.78, 5) is 46.1. The van der Waals surface area contributed by atoms with Crippen LogP contribution in [0.2, 0.25) is 0 Å². The van der Waals surface area contributed by atoms with Crippen LogP contribution in [0.1, 0.15) is 38.3 Å². The maximum Gasteiger partial charge on any atom is 0.258 e. The summed E-state index contributed by atoms with van der Waals surface area (Å²) in [6.07, 6.45) is 6.90. The van der Waals surface area contributed by atoms with Gasteiger partial charge in [0.15, 0.2) is 0 Å². The number of ether oxygens (including phenoxy) is 1. The van der Waals surface area contributed by atoms with E-state index in [1.807, 2.05) is 66.9 Å². The number of amides is 2. The van der Waals surface area contributed by atoms with Gasteiger partial charge in [-0.25, -0.2) is 0 Å². The van der Waals surface area contributed by atoms with E-state index >= 15 is 0 Å². The predicted molar refractivity (Wildman–Crippen MR) is 165 cm³/mol. The Labute approximate surface area is 245 Å². The summed E-state index contributed by atoms with van der Waals surface area (Å²) in [7, 11) is 3.38. The number of carbonyl (C=O) groups is 2. The molecule has 0 radical (unpaired) electrons. The quantitative estimate of drug-likeness (QED) is 0.223. The number of fused-ring (bicyclic) bond motifs is 2. The van der Waals surface area contributed by atoms with Gasteiger partial charge in [0.2, 0.25) is 11.8 Å². The first-order valence-corrected chi connectivity index (χ1v) is 14.2. The molecule has 0 fully saturated rings. The van der Waals surface area contributed by atoms with Crippen molar-refractivity contribution in [3.8, 4) is 5.75 Å². The van der Waals surface area contributed by atoms with Crippen LogP contribution in [-0.2, 0) is 16.1 Å². The molecule has 0 saturated heterocycles. The average molecular weight is 568 g/mol. The first-order valence-electron chi connectivity index (χ1n) is 14.2. The van der Waals surface area contributed by atoms with Crippen LogP contribution in [0, 0.1) is 5.41 Å². The smallest absolute Gasteiger partial charge is 0.258 e. The van der Waals surface area contributed by atoms with E-state index in [4.69, 9.17) is 4.74 Å². The summed E-state index contributed by atoms with van der Waals surface area (Å²) in [6.45, 7) is 5.06. The Morgan fingerprint density at radius 2 is 1.62 bits per heavy atom. The standard InChI is InChI=1S/C33H37N5O4/c1-33(2)31(40)36(3)28-11-10-25(22-29(28)37(4)32(33)41)42-21-7-16-35-27(24-12-17-34-18-13-24)15-20-38-19-14-23-8-5-6-9-26(23)30(38)39/h5-6,8-14,17-19,22,27,35H,7,15-16,20-21H2,1-4H3. The summed E-state index contributed by atoms with van der Waals surface area (Å²) < 4.78 is 7.82. The van der Waals surface area contributed by atoms with Crippen molar-refractivity contribution in [2.24, 2.45) is 5.41 Å². The van der Waals surface area contributed by atoms with Gasteiger partial charge in [-0.2, -0.15) is 0 Å². The Hall–Kier alpha value is -4.50. The van der Waals surface area contributed by atoms with Gasteiger partial charge in [-0.15, -0.1) is 0 Å². The van der Waals surface area contributed by atoms with Gasteiger partial charge in [-0.1, -0.05) is 18.2 Å². The third kappa shape index (κ3) is 5.78. The molecule has 1 unspecified atom stereocenters. The van der Waals surface area contributed by atoms with Gasteiger partial charge in [0.25, 0.3) is 5.56 Å². The lowest BCUT2D eigenvalue weighted by atomic mass is 9.90. The Balaban J connectivity index is 1.20. The van der Waals surface area contributed by atoms with Gasteiger partial charge in [-0.3, -0.25) is 19.4 Å². The number of anilines is 2. The van der Waals surface area contributed by atoms with Crippen molar-refractivity contribution in [3.63, 3.8) is 0 Å². The molecule has 218 valence electrons. The molecule has 4 aromatic rings. The summed E-state index contributed by atoms with van der Waals surface area (Å²) in [5.74, 6) is 0.134. The molecule has 0 spiro atoms. The maximum atomic E-state index is 13.0. The SMILES string of the molecule is CN1C(=O)C(C)(C)C(=O)N(C)c2cc(OCCCNC(CCn3ccc4ccccc4c3=O)c3ccncc3)ccc21. The van der Waals surface area contributed by atoms with Gasteiger partial charge in [0, 0.05) is 56.7 Å². The lowest BCUT2D eigenvalue weighted by Gasteiger charge is -2.25. The van der Waals surface area contributed by atoms with E-state index in [1.54, 1.807) is 44.9 Å². The van der Waals surface area contributed by atoms with E-state index in [2.05, 4.69) is 10.3 Å². The number of aromatic nitrogens is 2. The summed E-state index contributed by atoms with van der Waals surface area (Å²) >= 11 is 0. The van der Waals surface area contributed by atoms with E-state index in [0.29, 0.717) is 36.8 Å². The van der Waals surface area contributed by atoms with Crippen molar-refractivity contribution in [1.82, 2.24) is 14.9 Å². The molecule has 1 atom stereocenters. The average Bonchev–Trinajstić information content (AvgIpc) is 3.05. The van der Waals surface area contributed by atoms with E-state index in [-0.39, 0.29) is 23.4 Å². The number of benzene rings is 2. The summed E-state index contributed by atoms with van der Waals surface area (Å²) in [6, 6.07) is 19.1. The van der Waals surface area contributed by atoms with E-state index in [9.17, 15) is 14.4 Å². The molecule has 42 heavy (non-hydrogen) atoms. The predicted octanol–water partition coefficient (Wildman–Crippen LogP) is 4.55. The number of rotatable bonds is 10. The molecule has 1 aliphatic rings. The highest BCUT2D eigenvalue weighted by atomic mass is 16.5. The number of aryl methyl sites for hydroxylation is 1. The molecule has 9 nitrogen and oxygen atoms in total. The number of nitrogens with one attached hydrogen (secondary N) is 1. The number of nitrogens with zero attached hydrogens (tertiary/aromatic N) is 4. The largest absolute Gasteiger partial charge is 0.493 e. The van der Waals surface area contributed by atoms with Crippen molar-refractivity contribution in [1.29, 1.82) is 0 Å². The number of hydrogen-bond donors (Lipinski definition) is 1. The Kier molecular flexibility index (Phi) is 8.40. The third-order valence-corrected chi connectivity index (χ3v) is 7.98. The molecular formula is C33H37N5O4. The fraction of sp³-hybridized carbons (Fsp3) is 0.333. The number of carbonyl (C=O) groups excluding carboxylic acids is 2. The molecule has 2 amide bonds. The van der Waals surface area contributed by atoms with Crippen molar-refractivity contribution in [3.05, 3.63) is 95.2 Å². The molecule has 0 saturated carbocycles. The monoisotopic (exact) mass is 567 g/mol. The van der Waals surface area contributed by atoms with Crippen molar-refractivity contribution >= 4 is 34.0 Å². The van der Waals surface area contributed by atoms with E-state index < -0.39 is 5.41 Å². The van der Waals surface area contributed by atoms with Crippen LogP contribution in [0.5, 0.6) is 5.75 Å². The number of hydrogen-bond acceptors (Lipinski definition) is 6. The Bertz CT molecular complexity index is 1650. The lowest BCUT2D eigenvalue weighted by molar-refractivity contribution is -0.137. The minimum Gasteiger partial charge on any atom is -0.493 e. The van der Waals surface area contributed by atoms with Crippen molar-refractivity contribution < 1.29 is 14.3 Å². The van der Waals surface area contributed by atoms with Gasteiger partial charge < -0.3 is 24.4 Å². The maximum absolute atomic E-state index is 13.0. The molecule has 0 aliphatic carbocycles. The second-order valence-electron chi connectivity index (χ2n) is 11.2. The van der Waals surface area contributed by atoms with Gasteiger partial charge >= 0.3 is 0 Å². The first-order chi connectivity index (χ1) is 20.2. The normalized spacial score (nSPS) is 15.4. The molecule has 2 aromatic heterocycles. The van der Waals surface area contributed by atoms with Crippen LogP contribution >= 0.6 is 0 Å². The second-order valence-corrected chi connectivity index (χ2v) is 11.2. The molecule has 9 heteroatoms. The second kappa shape index (κ2) is 12.2. The van der Waals surface area contributed by atoms with Gasteiger partial charge in [0.05, 0.1) is 18.0 Å². The van der Waals surface area contributed by atoms with Crippen molar-refractivity contribution in [2.45, 2.75) is 39.3 Å². The molecule has 1 N–H and O–H groups in total. The molecule has 5 rings (SSSR count). The van der Waals surface area contributed by atoms with Crippen LogP contribution in [0.4, 0.5) is 11.4 Å². The third-order valence-electron chi connectivity index (χ3n) is 7.98. The fourth-order valence-electron chi connectivity index (χ4n) is 5.49. The van der Waals surface area contributed by atoms with Gasteiger partial charge in [0.1, 0.15) is 11.2 Å². The van der Waals surface area contributed by atoms with Crippen LogP contribution in [0.25, 0.3) is 10.8 Å². The highest BCUT2D eigenvalue weighted by molar-refractivity contribution is 6.19. The van der Waals surface area contributed by atoms with Crippen LogP contribution in [0.3, 0.4) is 0 Å². The zero-order valence-corrected chi connectivity index (χ0v) is 24.5. The summed E-state index contributed by atoms with van der Waals surface area (Å²) in [5.41, 5.74) is 1.28. The van der Waals surface area contributed by atoms with E-state index in [0.717, 1.165) is 29.2 Å². The van der Waals surface area contributed by atoms with E-state index in [1.165, 1.54) is 9.80 Å². The Morgan fingerprint density at radius 1 is 0.905 bits per heavy atom. The molecule has 2 aromatic carbocycles. The minimum atomic E-state index is -1.15. The van der Waals surface area contributed by atoms with Crippen molar-refractivity contribution in [2.75, 3.05) is 37.0 Å². The molecule has 1 aliphatic heterocycles. The molecular weight excluding hydrogens is 530 g/mol. The number of pyridine rings is 2. The zero-order chi connectivity index (χ0) is 29.9. The van der Waals surface area contributed by atoms with Gasteiger partial charge in [-0.05, 0) is 80.6 Å². The van der Waals surface area contributed by atoms with Crippen LogP contribution in [-0.4, -0.2) is 48.6 Å². The lowest BCUT2D eigenvalue weighted by Crippen LogP contribution is -2.46. The molecule has 3 heterocycles. The minimum absolute atomic E-state index is 0.0159. The first kappa shape index (κ1) is 29.0. The Morgan fingerprint density at radius 3 is 2.38 bits per heavy atom. The zero-order valence-electron chi connectivity index (χ0n) is 24.5. The fourth-order valence-corrected chi connectivity index (χ4v) is 5.49. The van der Waals surface area contributed by atoms with Crippen LogP contribution in [0.15, 0.2) is 84.0 Å². The summed E-state index contributed by atoms with van der Waals surface area (Å²) in [5, 5.41) is 5.29. The highest BCUT2D eigenvalue weighted by Gasteiger charge is 2.44. The van der Waals surface area contributed by atoms with Crippen LogP contribution < -0.4 is 25.4 Å². The highest BCUT2D eigenvalue weighted by Crippen LogP contribution is 2.39.